The van der Waals surface area contributed by atoms with E-state index in [1.54, 1.807) is 0 Å². The van der Waals surface area contributed by atoms with Crippen LogP contribution in [0, 0.1) is 6.92 Å². The number of nitrogens with one attached hydrogen (secondary N) is 1. The highest BCUT2D eigenvalue weighted by molar-refractivity contribution is 5.85. The number of halogens is 1. The van der Waals surface area contributed by atoms with Gasteiger partial charge in [0.15, 0.2) is 0 Å². The molecule has 2 atom stereocenters. The molecular weight excluding hydrogens is 446 g/mol. The zero-order valence-electron chi connectivity index (χ0n) is 20.0. The number of hydrogen-bond donors (Lipinski definition) is 1. The first-order valence-electron chi connectivity index (χ1n) is 12.0. The fraction of sp³-hybridized carbons (Fsp3) is 0.379. The average molecular weight is 482 g/mol. The molecule has 34 heavy (non-hydrogen) atoms. The van der Waals surface area contributed by atoms with Crippen molar-refractivity contribution in [1.29, 1.82) is 0 Å². The Morgan fingerprint density at radius 2 is 1.65 bits per heavy atom. The van der Waals surface area contributed by atoms with Crippen LogP contribution in [0.25, 0.3) is 0 Å². The summed E-state index contributed by atoms with van der Waals surface area (Å²) in [4.78, 5) is 0. The van der Waals surface area contributed by atoms with Gasteiger partial charge in [0, 0.05) is 18.9 Å². The smallest absolute Gasteiger partial charge is 0.119 e. The van der Waals surface area contributed by atoms with Crippen molar-refractivity contribution in [3.63, 3.8) is 0 Å². The second kappa shape index (κ2) is 14.1. The number of benzene rings is 3. The molecule has 2 unspecified atom stereocenters. The van der Waals surface area contributed by atoms with E-state index in [4.69, 9.17) is 14.2 Å². The fourth-order valence-electron chi connectivity index (χ4n) is 4.32. The Morgan fingerprint density at radius 1 is 0.853 bits per heavy atom. The number of aryl methyl sites for hydroxylation is 1. The van der Waals surface area contributed by atoms with Crippen molar-refractivity contribution in [2.24, 2.45) is 0 Å². The zero-order valence-corrected chi connectivity index (χ0v) is 20.8. The lowest BCUT2D eigenvalue weighted by molar-refractivity contribution is 0.0106. The molecule has 0 bridgehead atoms. The first kappa shape index (κ1) is 26.2. The summed E-state index contributed by atoms with van der Waals surface area (Å²) in [5.41, 5.74) is 5.03. The average Bonchev–Trinajstić information content (AvgIpc) is 2.86. The summed E-state index contributed by atoms with van der Waals surface area (Å²) >= 11 is 0. The SMILES string of the molecule is Cc1cccc(COC2CNCCC2c2ccc(OCCCOCc3ccccc3)cc2)c1.Cl. The maximum absolute atomic E-state index is 6.35. The lowest BCUT2D eigenvalue weighted by atomic mass is 9.87. The largest absolute Gasteiger partial charge is 0.494 e. The summed E-state index contributed by atoms with van der Waals surface area (Å²) in [5.74, 6) is 1.31. The molecule has 1 fully saturated rings. The van der Waals surface area contributed by atoms with Crippen molar-refractivity contribution in [3.8, 4) is 5.75 Å². The van der Waals surface area contributed by atoms with Crippen molar-refractivity contribution in [1.82, 2.24) is 5.32 Å². The first-order valence-corrected chi connectivity index (χ1v) is 12.0. The van der Waals surface area contributed by atoms with Gasteiger partial charge in [0.05, 0.1) is 32.5 Å². The minimum Gasteiger partial charge on any atom is -0.494 e. The van der Waals surface area contributed by atoms with Gasteiger partial charge in [0.2, 0.25) is 0 Å². The van der Waals surface area contributed by atoms with Crippen LogP contribution in [0.2, 0.25) is 0 Å². The molecule has 0 amide bonds. The summed E-state index contributed by atoms with van der Waals surface area (Å²) in [6, 6.07) is 27.4. The molecule has 4 rings (SSSR count). The molecule has 1 saturated heterocycles. The third-order valence-electron chi connectivity index (χ3n) is 6.09. The molecule has 0 aromatic heterocycles. The van der Waals surface area contributed by atoms with Crippen molar-refractivity contribution in [3.05, 3.63) is 101 Å². The van der Waals surface area contributed by atoms with Gasteiger partial charge < -0.3 is 19.5 Å². The van der Waals surface area contributed by atoms with Gasteiger partial charge in [-0.05, 0) is 48.7 Å². The molecule has 5 heteroatoms. The quantitative estimate of drug-likeness (QED) is 0.338. The lowest BCUT2D eigenvalue weighted by Crippen LogP contribution is -2.40. The standard InChI is InChI=1S/C29H35NO3.ClH/c1-23-7-5-10-25(19-23)22-33-29-20-30-16-15-28(29)26-11-13-27(14-12-26)32-18-6-17-31-21-24-8-3-2-4-9-24;/h2-5,7-14,19,28-30H,6,15-18,20-22H2,1H3;1H. The molecule has 1 N–H and O–H groups in total. The predicted octanol–water partition coefficient (Wildman–Crippen LogP) is 6.06. The second-order valence-electron chi connectivity index (χ2n) is 8.75. The van der Waals surface area contributed by atoms with E-state index in [-0.39, 0.29) is 18.5 Å². The van der Waals surface area contributed by atoms with Crippen LogP contribution < -0.4 is 10.1 Å². The van der Waals surface area contributed by atoms with Crippen LogP contribution in [0.1, 0.15) is 41.0 Å². The molecule has 1 aliphatic heterocycles. The summed E-state index contributed by atoms with van der Waals surface area (Å²) in [6.45, 7) is 6.69. The predicted molar refractivity (Wildman–Crippen MR) is 140 cm³/mol. The van der Waals surface area contributed by atoms with Crippen LogP contribution >= 0.6 is 12.4 Å². The van der Waals surface area contributed by atoms with Crippen LogP contribution in [0.15, 0.2) is 78.9 Å². The molecule has 4 nitrogen and oxygen atoms in total. The van der Waals surface area contributed by atoms with E-state index in [2.05, 4.69) is 72.9 Å². The molecule has 0 aliphatic carbocycles. The molecule has 0 spiro atoms. The van der Waals surface area contributed by atoms with Crippen molar-refractivity contribution < 1.29 is 14.2 Å². The highest BCUT2D eigenvalue weighted by Crippen LogP contribution is 2.29. The van der Waals surface area contributed by atoms with E-state index >= 15 is 0 Å². The van der Waals surface area contributed by atoms with Gasteiger partial charge in [-0.1, -0.05) is 72.3 Å². The van der Waals surface area contributed by atoms with Gasteiger partial charge >= 0.3 is 0 Å². The van der Waals surface area contributed by atoms with Crippen molar-refractivity contribution in [2.75, 3.05) is 26.3 Å². The fourth-order valence-corrected chi connectivity index (χ4v) is 4.32. The summed E-state index contributed by atoms with van der Waals surface area (Å²) in [6.07, 6.45) is 2.13. The molecule has 0 radical (unpaired) electrons. The molecule has 182 valence electrons. The summed E-state index contributed by atoms with van der Waals surface area (Å²) < 4.78 is 18.0. The highest BCUT2D eigenvalue weighted by Gasteiger charge is 2.27. The normalized spacial score (nSPS) is 17.7. The number of rotatable bonds is 11. The van der Waals surface area contributed by atoms with Gasteiger partial charge in [0.25, 0.3) is 0 Å². The Hall–Kier alpha value is -2.37. The topological polar surface area (TPSA) is 39.7 Å². The Bertz CT molecular complexity index is 965. The van der Waals surface area contributed by atoms with Crippen LogP contribution in [-0.4, -0.2) is 32.4 Å². The first-order chi connectivity index (χ1) is 16.3. The third-order valence-corrected chi connectivity index (χ3v) is 6.09. The van der Waals surface area contributed by atoms with Crippen LogP contribution in [0.3, 0.4) is 0 Å². The zero-order chi connectivity index (χ0) is 22.7. The highest BCUT2D eigenvalue weighted by atomic mass is 35.5. The van der Waals surface area contributed by atoms with Crippen LogP contribution in [0.5, 0.6) is 5.75 Å². The maximum Gasteiger partial charge on any atom is 0.119 e. The summed E-state index contributed by atoms with van der Waals surface area (Å²) in [7, 11) is 0. The van der Waals surface area contributed by atoms with E-state index in [1.807, 2.05) is 18.2 Å². The number of piperidine rings is 1. The van der Waals surface area contributed by atoms with Gasteiger partial charge in [-0.25, -0.2) is 0 Å². The van der Waals surface area contributed by atoms with Gasteiger partial charge in [0.1, 0.15) is 5.75 Å². The molecule has 1 heterocycles. The molecule has 1 aliphatic rings. The second-order valence-corrected chi connectivity index (χ2v) is 8.75. The van der Waals surface area contributed by atoms with Gasteiger partial charge in [-0.2, -0.15) is 0 Å². The van der Waals surface area contributed by atoms with E-state index in [0.717, 1.165) is 31.7 Å². The van der Waals surface area contributed by atoms with Gasteiger partial charge in [-0.3, -0.25) is 0 Å². The molecule has 3 aromatic rings. The van der Waals surface area contributed by atoms with Crippen LogP contribution in [0.4, 0.5) is 0 Å². The Kier molecular flexibility index (Phi) is 10.9. The summed E-state index contributed by atoms with van der Waals surface area (Å²) in [5, 5.41) is 3.49. The Labute approximate surface area is 210 Å². The van der Waals surface area contributed by atoms with E-state index in [1.165, 1.54) is 22.3 Å². The van der Waals surface area contributed by atoms with E-state index in [9.17, 15) is 0 Å². The van der Waals surface area contributed by atoms with E-state index < -0.39 is 0 Å². The van der Waals surface area contributed by atoms with Crippen LogP contribution in [-0.2, 0) is 22.7 Å². The van der Waals surface area contributed by atoms with E-state index in [0.29, 0.717) is 32.3 Å². The molecule has 3 aromatic carbocycles. The molecular formula is C29H36ClNO3. The lowest BCUT2D eigenvalue weighted by Gasteiger charge is -2.32. The minimum absolute atomic E-state index is 0. The van der Waals surface area contributed by atoms with Crippen molar-refractivity contribution >= 4 is 12.4 Å². The van der Waals surface area contributed by atoms with Gasteiger partial charge in [-0.15, -0.1) is 12.4 Å². The number of ether oxygens (including phenoxy) is 3. The Morgan fingerprint density at radius 3 is 2.44 bits per heavy atom. The monoisotopic (exact) mass is 481 g/mol. The Balaban J connectivity index is 0.00000324. The van der Waals surface area contributed by atoms with Crippen molar-refractivity contribution in [2.45, 2.75) is 45.0 Å². The number of hydrogen-bond acceptors (Lipinski definition) is 4. The maximum atomic E-state index is 6.35. The minimum atomic E-state index is 0. The molecule has 0 saturated carbocycles. The third kappa shape index (κ3) is 8.14.